The van der Waals surface area contributed by atoms with Gasteiger partial charge in [0.2, 0.25) is 11.8 Å². The summed E-state index contributed by atoms with van der Waals surface area (Å²) >= 11 is 6.29. The van der Waals surface area contributed by atoms with Crippen molar-refractivity contribution in [3.05, 3.63) is 87.2 Å². The summed E-state index contributed by atoms with van der Waals surface area (Å²) in [5.41, 5.74) is 3.19. The Morgan fingerprint density at radius 3 is 2.21 bits per heavy atom. The van der Waals surface area contributed by atoms with Crippen LogP contribution in [0.2, 0.25) is 5.02 Å². The number of hydrogen-bond donors (Lipinski definition) is 1. The lowest BCUT2D eigenvalue weighted by atomic mass is 9.49. The number of halogens is 1. The van der Waals surface area contributed by atoms with Gasteiger partial charge in [0.05, 0.1) is 39.5 Å². The van der Waals surface area contributed by atoms with Crippen molar-refractivity contribution in [2.24, 2.45) is 16.7 Å². The summed E-state index contributed by atoms with van der Waals surface area (Å²) < 4.78 is 6.47. The number of amides is 5. The van der Waals surface area contributed by atoms with Crippen molar-refractivity contribution in [2.45, 2.75) is 97.0 Å². The highest BCUT2D eigenvalue weighted by molar-refractivity contribution is 6.31. The van der Waals surface area contributed by atoms with Crippen molar-refractivity contribution in [1.82, 2.24) is 25.0 Å². The SMILES string of the molecule is CC1(C)C(Oc2ccc(C#N)c(Cl)c2)C(C)(C)C1N1Cc2nc(C#CC3CCN(C4CCN(c5ccc6c(c5)C(=O)N(C5CCC(=O)NC5=O)C6=O)CC4)CC3)ccc2C1=O. The molecule has 1 unspecified atom stereocenters. The number of pyridine rings is 1. The minimum Gasteiger partial charge on any atom is -0.489 e. The molecule has 3 aromatic rings. The molecular formula is C47H48ClN7O6. The van der Waals surface area contributed by atoms with Crippen LogP contribution in [0.5, 0.6) is 5.75 Å². The second-order valence-electron chi connectivity index (χ2n) is 18.4. The summed E-state index contributed by atoms with van der Waals surface area (Å²) in [6.45, 7) is 12.5. The van der Waals surface area contributed by atoms with E-state index in [0.717, 1.165) is 68.1 Å². The van der Waals surface area contributed by atoms with E-state index < -0.39 is 29.7 Å². The molecule has 9 rings (SSSR count). The van der Waals surface area contributed by atoms with Gasteiger partial charge in [0.1, 0.15) is 29.7 Å². The highest BCUT2D eigenvalue weighted by Crippen LogP contribution is 2.59. The monoisotopic (exact) mass is 841 g/mol. The second-order valence-corrected chi connectivity index (χ2v) is 18.8. The third-order valence-corrected chi connectivity index (χ3v) is 14.2. The Kier molecular flexibility index (Phi) is 10.2. The zero-order chi connectivity index (χ0) is 43.0. The number of nitrogens with zero attached hydrogens (tertiary/aromatic N) is 6. The molecule has 13 nitrogen and oxygen atoms in total. The average Bonchev–Trinajstić information content (AvgIpc) is 3.68. The van der Waals surface area contributed by atoms with E-state index in [-0.39, 0.29) is 47.6 Å². The fraction of sp³-hybridized carbons (Fsp3) is 0.468. The van der Waals surface area contributed by atoms with Crippen molar-refractivity contribution in [2.75, 3.05) is 31.1 Å². The van der Waals surface area contributed by atoms with Gasteiger partial charge < -0.3 is 19.4 Å². The molecule has 61 heavy (non-hydrogen) atoms. The van der Waals surface area contributed by atoms with Gasteiger partial charge >= 0.3 is 0 Å². The quantitative estimate of drug-likeness (QED) is 0.246. The first kappa shape index (κ1) is 40.6. The number of likely N-dealkylation sites (tertiary alicyclic amines) is 1. The lowest BCUT2D eigenvalue weighted by Crippen LogP contribution is -2.74. The first-order valence-corrected chi connectivity index (χ1v) is 21.6. The van der Waals surface area contributed by atoms with Crippen molar-refractivity contribution in [3.63, 3.8) is 0 Å². The molecule has 5 amide bonds. The van der Waals surface area contributed by atoms with Crippen molar-refractivity contribution >= 4 is 46.8 Å². The molecule has 1 aliphatic carbocycles. The fourth-order valence-electron chi connectivity index (χ4n) is 11.2. The number of fused-ring (bicyclic) bond motifs is 2. The summed E-state index contributed by atoms with van der Waals surface area (Å²) in [4.78, 5) is 77.1. The third kappa shape index (κ3) is 7.02. The minimum atomic E-state index is -0.979. The van der Waals surface area contributed by atoms with Gasteiger partial charge in [-0.2, -0.15) is 5.26 Å². The Balaban J connectivity index is 0.770. The summed E-state index contributed by atoms with van der Waals surface area (Å²) in [5, 5.41) is 11.9. The third-order valence-electron chi connectivity index (χ3n) is 13.9. The normalized spacial score (nSPS) is 25.0. The molecule has 6 heterocycles. The van der Waals surface area contributed by atoms with Gasteiger partial charge in [-0.25, -0.2) is 4.98 Å². The molecule has 1 N–H and O–H groups in total. The number of ether oxygens (including phenoxy) is 1. The molecule has 1 saturated carbocycles. The number of rotatable bonds is 6. The number of imide groups is 2. The van der Waals surface area contributed by atoms with Crippen molar-refractivity contribution in [1.29, 1.82) is 5.26 Å². The Labute approximate surface area is 360 Å². The Bertz CT molecular complexity index is 2470. The number of nitriles is 1. The molecule has 1 atom stereocenters. The number of anilines is 1. The second kappa shape index (κ2) is 15.3. The topological polar surface area (TPSA) is 156 Å². The average molecular weight is 842 g/mol. The van der Waals surface area contributed by atoms with Gasteiger partial charge in [0.15, 0.2) is 0 Å². The van der Waals surface area contributed by atoms with Crippen LogP contribution in [0.1, 0.15) is 114 Å². The Hall–Kier alpha value is -5.76. The molecule has 0 radical (unpaired) electrons. The fourth-order valence-corrected chi connectivity index (χ4v) is 11.4. The van der Waals surface area contributed by atoms with E-state index in [1.165, 1.54) is 0 Å². The molecule has 4 fully saturated rings. The lowest BCUT2D eigenvalue weighted by molar-refractivity contribution is -0.199. The van der Waals surface area contributed by atoms with Crippen molar-refractivity contribution < 1.29 is 28.7 Å². The number of benzene rings is 2. The van der Waals surface area contributed by atoms with Gasteiger partial charge in [-0.3, -0.25) is 34.2 Å². The van der Waals surface area contributed by atoms with Crippen LogP contribution < -0.4 is 15.0 Å². The molecule has 6 aliphatic rings. The predicted molar refractivity (Wildman–Crippen MR) is 226 cm³/mol. The highest BCUT2D eigenvalue weighted by Gasteiger charge is 2.67. The van der Waals surface area contributed by atoms with Crippen molar-refractivity contribution in [3.8, 4) is 23.7 Å². The number of piperidine rings is 3. The number of nitrogens with one attached hydrogen (secondary N) is 1. The van der Waals surface area contributed by atoms with E-state index >= 15 is 0 Å². The predicted octanol–water partition coefficient (Wildman–Crippen LogP) is 5.58. The maximum absolute atomic E-state index is 13.8. The molecule has 1 aromatic heterocycles. The number of carbonyl (C=O) groups excluding carboxylic acids is 5. The van der Waals surface area contributed by atoms with E-state index in [1.54, 1.807) is 30.3 Å². The van der Waals surface area contributed by atoms with E-state index in [2.05, 4.69) is 60.7 Å². The maximum Gasteiger partial charge on any atom is 0.262 e. The highest BCUT2D eigenvalue weighted by atomic mass is 35.5. The van der Waals surface area contributed by atoms with E-state index in [4.69, 9.17) is 21.3 Å². The maximum atomic E-state index is 13.8. The number of hydrogen-bond acceptors (Lipinski definition) is 10. The van der Waals surface area contributed by atoms with Crippen LogP contribution in [0.3, 0.4) is 0 Å². The molecule has 2 aromatic carbocycles. The molecule has 5 aliphatic heterocycles. The zero-order valence-electron chi connectivity index (χ0n) is 34.8. The molecule has 14 heteroatoms. The van der Waals surface area contributed by atoms with Crippen LogP contribution in [-0.2, 0) is 16.1 Å². The summed E-state index contributed by atoms with van der Waals surface area (Å²) in [6, 6.07) is 15.6. The van der Waals surface area contributed by atoms with Crippen LogP contribution >= 0.6 is 11.6 Å². The zero-order valence-corrected chi connectivity index (χ0v) is 35.6. The molecule has 314 valence electrons. The molecular weight excluding hydrogens is 794 g/mol. The molecule has 3 saturated heterocycles. The summed E-state index contributed by atoms with van der Waals surface area (Å²) in [6.07, 6.45) is 3.92. The molecule has 0 bridgehead atoms. The van der Waals surface area contributed by atoms with Crippen LogP contribution in [0.4, 0.5) is 5.69 Å². The van der Waals surface area contributed by atoms with Crippen LogP contribution in [0, 0.1) is 39.9 Å². The Morgan fingerprint density at radius 2 is 1.52 bits per heavy atom. The standard InChI is InChI=1S/C47H48ClN7O6/c1-46(2)44(47(3,4)45(46)61-32-10-6-28(25-49)36(48)24-32)54-26-37-34(41(54)58)11-8-29(50-37)7-5-27-15-19-52(20-16-27)30-17-21-53(22-18-30)31-9-12-33-35(23-31)43(60)55(42(33)59)38-13-14-39(56)51-40(38)57/h6,8-12,23-24,27,30,38,44-45H,13-22,26H2,1-4H3,(H,51,56,57). The Morgan fingerprint density at radius 1 is 0.820 bits per heavy atom. The number of aromatic nitrogens is 1. The van der Waals surface area contributed by atoms with Gasteiger partial charge in [-0.05, 0) is 93.6 Å². The molecule has 0 spiro atoms. The first-order valence-electron chi connectivity index (χ1n) is 21.2. The van der Waals surface area contributed by atoms with Gasteiger partial charge in [-0.15, -0.1) is 0 Å². The van der Waals surface area contributed by atoms with E-state index in [0.29, 0.717) is 51.3 Å². The summed E-state index contributed by atoms with van der Waals surface area (Å²) in [7, 11) is 0. The smallest absolute Gasteiger partial charge is 0.262 e. The number of carbonyl (C=O) groups is 5. The first-order chi connectivity index (χ1) is 29.1. The van der Waals surface area contributed by atoms with Gasteiger partial charge in [0, 0.05) is 60.1 Å². The van der Waals surface area contributed by atoms with Crippen LogP contribution in [0.25, 0.3) is 0 Å². The summed E-state index contributed by atoms with van der Waals surface area (Å²) in [5.74, 6) is 5.66. The van der Waals surface area contributed by atoms with E-state index in [1.807, 2.05) is 23.1 Å². The van der Waals surface area contributed by atoms with Crippen LogP contribution in [0.15, 0.2) is 48.5 Å². The van der Waals surface area contributed by atoms with Gasteiger partial charge in [0.25, 0.3) is 17.7 Å². The van der Waals surface area contributed by atoms with E-state index in [9.17, 15) is 29.2 Å². The van der Waals surface area contributed by atoms with Crippen LogP contribution in [-0.4, -0.2) is 99.6 Å². The lowest BCUT2D eigenvalue weighted by Gasteiger charge is -2.65. The van der Waals surface area contributed by atoms with Gasteiger partial charge in [-0.1, -0.05) is 45.2 Å². The largest absolute Gasteiger partial charge is 0.489 e. The minimum absolute atomic E-state index is 0.0246.